The number of H-pyrrole nitrogens is 1. The molecule has 0 aromatic heterocycles. The summed E-state index contributed by atoms with van der Waals surface area (Å²) in [6, 6.07) is 0. The van der Waals surface area contributed by atoms with Gasteiger partial charge in [-0.1, -0.05) is 0 Å². The van der Waals surface area contributed by atoms with Gasteiger partial charge in [0, 0.05) is 25.5 Å². The summed E-state index contributed by atoms with van der Waals surface area (Å²) in [4.78, 5) is 24.8. The molecule has 0 spiro atoms. The monoisotopic (exact) mass is 246 g/mol. The number of hydrogen-bond acceptors (Lipinski definition) is 4. The van der Waals surface area contributed by atoms with Crippen LogP contribution in [0.4, 0.5) is 4.79 Å². The lowest BCUT2D eigenvalue weighted by Gasteiger charge is -2.25. The third-order valence-electron chi connectivity index (χ3n) is 3.08. The van der Waals surface area contributed by atoms with E-state index in [1.165, 1.54) is 12.6 Å². The molecule has 1 N–H and O–H groups in total. The molecule has 3 rings (SSSR count). The van der Waals surface area contributed by atoms with E-state index in [0.29, 0.717) is 17.3 Å². The second-order valence-corrected chi connectivity index (χ2v) is 4.33. The van der Waals surface area contributed by atoms with Gasteiger partial charge in [-0.15, -0.1) is 0 Å². The molecule has 0 saturated carbocycles. The summed E-state index contributed by atoms with van der Waals surface area (Å²) in [6.07, 6.45) is 7.79. The third-order valence-corrected chi connectivity index (χ3v) is 3.08. The van der Waals surface area contributed by atoms with Gasteiger partial charge in [-0.3, -0.25) is 0 Å². The van der Waals surface area contributed by atoms with Crippen molar-refractivity contribution in [3.8, 4) is 17.3 Å². The Morgan fingerprint density at radius 1 is 1.28 bits per heavy atom. The maximum Gasteiger partial charge on any atom is 0.415 e. The van der Waals surface area contributed by atoms with Crippen molar-refractivity contribution in [1.29, 1.82) is 0 Å². The van der Waals surface area contributed by atoms with Gasteiger partial charge in [0.25, 0.3) is 0 Å². The summed E-state index contributed by atoms with van der Waals surface area (Å²) in [5.74, 6) is 0.993. The molecule has 0 bridgehead atoms. The molecule has 0 aliphatic carbocycles. The highest BCUT2D eigenvalue weighted by Gasteiger charge is 2.22. The number of aromatic amines is 1. The lowest BCUT2D eigenvalue weighted by Crippen LogP contribution is -2.37. The van der Waals surface area contributed by atoms with E-state index in [9.17, 15) is 4.79 Å². The third kappa shape index (κ3) is 2.01. The smallest absolute Gasteiger partial charge is 0.406 e. The molecule has 0 radical (unpaired) electrons. The van der Waals surface area contributed by atoms with Gasteiger partial charge in [0.15, 0.2) is 11.6 Å². The van der Waals surface area contributed by atoms with Crippen LogP contribution >= 0.6 is 0 Å². The Labute approximate surface area is 104 Å². The summed E-state index contributed by atoms with van der Waals surface area (Å²) >= 11 is 0. The molecule has 1 saturated heterocycles. The molecule has 6 heteroatoms. The van der Waals surface area contributed by atoms with Crippen molar-refractivity contribution in [3.63, 3.8) is 0 Å². The van der Waals surface area contributed by atoms with Crippen molar-refractivity contribution in [2.45, 2.75) is 19.3 Å². The Kier molecular flexibility index (Phi) is 2.84. The molecular formula is C12H14N4O2. The average molecular weight is 246 g/mol. The van der Waals surface area contributed by atoms with Crippen molar-refractivity contribution < 1.29 is 9.53 Å². The lowest BCUT2D eigenvalue weighted by atomic mass is 10.1. The van der Waals surface area contributed by atoms with Crippen molar-refractivity contribution in [2.75, 3.05) is 13.1 Å². The first kappa shape index (κ1) is 11.0. The van der Waals surface area contributed by atoms with Crippen molar-refractivity contribution >= 4 is 6.09 Å². The van der Waals surface area contributed by atoms with Gasteiger partial charge in [-0.25, -0.2) is 14.8 Å². The molecule has 0 atom stereocenters. The number of likely N-dealkylation sites (tertiary alicyclic amines) is 1. The number of piperidine rings is 1. The molecular weight excluding hydrogens is 232 g/mol. The minimum Gasteiger partial charge on any atom is -0.406 e. The van der Waals surface area contributed by atoms with Crippen LogP contribution in [-0.4, -0.2) is 39.0 Å². The van der Waals surface area contributed by atoms with Crippen LogP contribution in [0.3, 0.4) is 0 Å². The number of nitrogens with one attached hydrogen (secondary N) is 1. The Bertz CT molecular complexity index is 519. The predicted octanol–water partition coefficient (Wildman–Crippen LogP) is 1.89. The first-order chi connectivity index (χ1) is 8.84. The van der Waals surface area contributed by atoms with Crippen LogP contribution in [-0.2, 0) is 0 Å². The minimum atomic E-state index is -0.304. The molecule has 3 aliphatic heterocycles. The Balaban J connectivity index is 1.74. The highest BCUT2D eigenvalue weighted by Crippen LogP contribution is 2.27. The molecule has 3 heterocycles. The number of aromatic nitrogens is 3. The molecule has 94 valence electrons. The number of ether oxygens (including phenoxy) is 1. The maximum absolute atomic E-state index is 12.0. The number of rotatable bonds is 1. The fraction of sp³-hybridized carbons (Fsp3) is 0.417. The van der Waals surface area contributed by atoms with E-state index in [-0.39, 0.29) is 6.09 Å². The fourth-order valence-corrected chi connectivity index (χ4v) is 2.13. The normalized spacial score (nSPS) is 15.9. The van der Waals surface area contributed by atoms with E-state index in [1.54, 1.807) is 17.3 Å². The number of carbonyl (C=O) groups excluding carboxylic acids is 1. The number of carbonyl (C=O) groups is 1. The van der Waals surface area contributed by atoms with E-state index < -0.39 is 0 Å². The Hall–Kier alpha value is -2.11. The van der Waals surface area contributed by atoms with Crippen LogP contribution in [0.5, 0.6) is 5.75 Å². The average Bonchev–Trinajstić information content (AvgIpc) is 2.83. The standard InChI is InChI=1S/C12H14N4O2/c17-12(16-6-2-1-3-7-16)18-9-8-15-11-10(9)13-4-5-14-11/h4-5,8,13H,1-3,6-7H2. The van der Waals surface area contributed by atoms with E-state index in [0.717, 1.165) is 25.9 Å². The lowest BCUT2D eigenvalue weighted by molar-refractivity contribution is 0.142. The van der Waals surface area contributed by atoms with Gasteiger partial charge < -0.3 is 14.6 Å². The largest absolute Gasteiger partial charge is 0.415 e. The van der Waals surface area contributed by atoms with Gasteiger partial charge in [0.05, 0.1) is 6.20 Å². The number of hydrogen-bond donors (Lipinski definition) is 1. The van der Waals surface area contributed by atoms with Gasteiger partial charge >= 0.3 is 6.09 Å². The van der Waals surface area contributed by atoms with E-state index in [2.05, 4.69) is 15.0 Å². The first-order valence-corrected chi connectivity index (χ1v) is 6.09. The molecule has 1 amide bonds. The maximum atomic E-state index is 12.0. The molecule has 0 aromatic carbocycles. The van der Waals surface area contributed by atoms with Gasteiger partial charge in [-0.2, -0.15) is 0 Å². The molecule has 1 fully saturated rings. The van der Waals surface area contributed by atoms with Crippen molar-refractivity contribution in [3.05, 3.63) is 18.6 Å². The molecule has 6 nitrogen and oxygen atoms in total. The second kappa shape index (κ2) is 4.64. The van der Waals surface area contributed by atoms with Crippen LogP contribution in [0.1, 0.15) is 19.3 Å². The Morgan fingerprint density at radius 3 is 2.94 bits per heavy atom. The highest BCUT2D eigenvalue weighted by molar-refractivity contribution is 5.74. The molecule has 3 aliphatic rings. The molecule has 18 heavy (non-hydrogen) atoms. The molecule has 0 unspecified atom stereocenters. The number of fused-ring (bicyclic) bond motifs is 1. The zero-order chi connectivity index (χ0) is 12.4. The van der Waals surface area contributed by atoms with Crippen molar-refractivity contribution in [1.82, 2.24) is 19.9 Å². The van der Waals surface area contributed by atoms with E-state index >= 15 is 0 Å². The quantitative estimate of drug-likeness (QED) is 0.834. The second-order valence-electron chi connectivity index (χ2n) is 4.33. The van der Waals surface area contributed by atoms with Crippen molar-refractivity contribution in [2.24, 2.45) is 0 Å². The predicted molar refractivity (Wildman–Crippen MR) is 64.5 cm³/mol. The highest BCUT2D eigenvalue weighted by atomic mass is 16.6. The molecule has 0 aromatic rings. The number of nitrogens with zero attached hydrogens (tertiary/aromatic N) is 3. The van der Waals surface area contributed by atoms with Crippen LogP contribution in [0.2, 0.25) is 0 Å². The summed E-state index contributed by atoms with van der Waals surface area (Å²) in [5, 5.41) is 0. The first-order valence-electron chi connectivity index (χ1n) is 6.09. The summed E-state index contributed by atoms with van der Waals surface area (Å²) < 4.78 is 5.36. The van der Waals surface area contributed by atoms with E-state index in [4.69, 9.17) is 4.74 Å². The SMILES string of the molecule is O=C(Oc1cnc2ncc[nH]c1-2)N1CCCCC1. The van der Waals surface area contributed by atoms with Crippen LogP contribution in [0, 0.1) is 0 Å². The zero-order valence-electron chi connectivity index (χ0n) is 9.93. The van der Waals surface area contributed by atoms with E-state index in [1.807, 2.05) is 0 Å². The summed E-state index contributed by atoms with van der Waals surface area (Å²) in [6.45, 7) is 1.54. The Morgan fingerprint density at radius 2 is 2.11 bits per heavy atom. The fourth-order valence-electron chi connectivity index (χ4n) is 2.13. The van der Waals surface area contributed by atoms with Gasteiger partial charge in [0.1, 0.15) is 5.69 Å². The van der Waals surface area contributed by atoms with Crippen LogP contribution in [0.15, 0.2) is 18.6 Å². The summed E-state index contributed by atoms with van der Waals surface area (Å²) in [5.41, 5.74) is 0.655. The number of amides is 1. The minimum absolute atomic E-state index is 0.304. The topological polar surface area (TPSA) is 71.1 Å². The summed E-state index contributed by atoms with van der Waals surface area (Å²) in [7, 11) is 0. The van der Waals surface area contributed by atoms with Gasteiger partial charge in [0.2, 0.25) is 0 Å². The van der Waals surface area contributed by atoms with Gasteiger partial charge in [-0.05, 0) is 19.3 Å². The zero-order valence-corrected chi connectivity index (χ0v) is 9.93. The van der Waals surface area contributed by atoms with Crippen LogP contribution < -0.4 is 4.74 Å². The van der Waals surface area contributed by atoms with Crippen LogP contribution in [0.25, 0.3) is 11.5 Å².